The number of nitrogens with one attached hydrogen (secondary N) is 2. The van der Waals surface area contributed by atoms with Crippen LogP contribution in [-0.2, 0) is 6.42 Å². The number of carbonyl (C=O) groups excluding carboxylic acids is 1. The molecule has 0 heterocycles. The van der Waals surface area contributed by atoms with Crippen molar-refractivity contribution in [1.29, 1.82) is 0 Å². The zero-order valence-corrected chi connectivity index (χ0v) is 13.7. The van der Waals surface area contributed by atoms with E-state index in [2.05, 4.69) is 35.8 Å². The Balaban J connectivity index is 1.92. The minimum absolute atomic E-state index is 0.291. The summed E-state index contributed by atoms with van der Waals surface area (Å²) in [5.74, 6) is 1.11. The summed E-state index contributed by atoms with van der Waals surface area (Å²) in [6, 6.07) is 13.3. The summed E-state index contributed by atoms with van der Waals surface area (Å²) >= 11 is 0. The van der Waals surface area contributed by atoms with E-state index in [9.17, 15) is 4.79 Å². The number of benzene rings is 2. The quantitative estimate of drug-likeness (QED) is 0.859. The topological polar surface area (TPSA) is 59.6 Å². The van der Waals surface area contributed by atoms with Crippen LogP contribution < -0.4 is 20.1 Å². The maximum absolute atomic E-state index is 12.1. The number of methoxy groups -OCH3 is 2. The zero-order chi connectivity index (χ0) is 16.7. The van der Waals surface area contributed by atoms with Gasteiger partial charge in [-0.1, -0.05) is 35.9 Å². The Morgan fingerprint density at radius 1 is 1.04 bits per heavy atom. The van der Waals surface area contributed by atoms with E-state index in [1.807, 2.05) is 6.07 Å². The molecule has 0 fully saturated rings. The molecule has 0 spiro atoms. The van der Waals surface area contributed by atoms with Crippen LogP contribution in [0.3, 0.4) is 0 Å². The first-order valence-electron chi connectivity index (χ1n) is 7.45. The van der Waals surface area contributed by atoms with Crippen LogP contribution in [0.4, 0.5) is 10.5 Å². The largest absolute Gasteiger partial charge is 0.494 e. The van der Waals surface area contributed by atoms with Crippen LogP contribution in [0, 0.1) is 6.92 Å². The van der Waals surface area contributed by atoms with Crippen LogP contribution in [0.1, 0.15) is 11.1 Å². The fourth-order valence-corrected chi connectivity index (χ4v) is 2.32. The average Bonchev–Trinajstić information content (AvgIpc) is 2.55. The molecule has 0 radical (unpaired) electrons. The Morgan fingerprint density at radius 3 is 2.30 bits per heavy atom. The van der Waals surface area contributed by atoms with E-state index < -0.39 is 0 Å². The molecule has 122 valence electrons. The Bertz CT molecular complexity index is 649. The molecule has 0 bridgehead atoms. The van der Waals surface area contributed by atoms with Crippen LogP contribution in [0.25, 0.3) is 0 Å². The van der Waals surface area contributed by atoms with Crippen LogP contribution in [0.15, 0.2) is 42.5 Å². The minimum Gasteiger partial charge on any atom is -0.494 e. The van der Waals surface area contributed by atoms with Crippen molar-refractivity contribution in [1.82, 2.24) is 5.32 Å². The lowest BCUT2D eigenvalue weighted by atomic mass is 10.1. The highest BCUT2D eigenvalue weighted by atomic mass is 16.5. The molecule has 23 heavy (non-hydrogen) atoms. The number of ether oxygens (including phenoxy) is 2. The Morgan fingerprint density at radius 2 is 1.70 bits per heavy atom. The summed E-state index contributed by atoms with van der Waals surface area (Å²) in [5, 5.41) is 5.62. The number of para-hydroxylation sites is 1. The monoisotopic (exact) mass is 314 g/mol. The SMILES string of the molecule is COc1cccc(OC)c1NC(=O)NCCc1cccc(C)c1. The second-order valence-corrected chi connectivity index (χ2v) is 5.16. The van der Waals surface area contributed by atoms with E-state index in [0.717, 1.165) is 6.42 Å². The van der Waals surface area contributed by atoms with Gasteiger partial charge in [-0.15, -0.1) is 0 Å². The molecule has 0 atom stereocenters. The Labute approximate surface area is 136 Å². The van der Waals surface area contributed by atoms with Crippen LogP contribution in [0.2, 0.25) is 0 Å². The third-order valence-electron chi connectivity index (χ3n) is 3.45. The third kappa shape index (κ3) is 4.64. The molecule has 0 saturated carbocycles. The summed E-state index contributed by atoms with van der Waals surface area (Å²) in [6.45, 7) is 2.60. The van der Waals surface area contributed by atoms with E-state index >= 15 is 0 Å². The molecular formula is C18H22N2O3. The fraction of sp³-hybridized carbons (Fsp3) is 0.278. The lowest BCUT2D eigenvalue weighted by molar-refractivity contribution is 0.252. The highest BCUT2D eigenvalue weighted by molar-refractivity contribution is 5.92. The molecule has 0 saturated heterocycles. The first kappa shape index (κ1) is 16.7. The second-order valence-electron chi connectivity index (χ2n) is 5.16. The molecule has 0 unspecified atom stereocenters. The van der Waals surface area contributed by atoms with Gasteiger partial charge in [0.05, 0.1) is 14.2 Å². The van der Waals surface area contributed by atoms with Crippen molar-refractivity contribution in [3.63, 3.8) is 0 Å². The van der Waals surface area contributed by atoms with Gasteiger partial charge in [0.1, 0.15) is 17.2 Å². The number of urea groups is 1. The van der Waals surface area contributed by atoms with Gasteiger partial charge >= 0.3 is 6.03 Å². The number of hydrogen-bond acceptors (Lipinski definition) is 3. The second kappa shape index (κ2) is 8.08. The van der Waals surface area contributed by atoms with Crippen LogP contribution in [0.5, 0.6) is 11.5 Å². The molecule has 2 N–H and O–H groups in total. The molecular weight excluding hydrogens is 292 g/mol. The van der Waals surface area contributed by atoms with E-state index in [-0.39, 0.29) is 6.03 Å². The molecule has 0 aliphatic rings. The van der Waals surface area contributed by atoms with Crippen molar-refractivity contribution in [3.8, 4) is 11.5 Å². The van der Waals surface area contributed by atoms with E-state index in [1.54, 1.807) is 32.4 Å². The molecule has 2 aromatic carbocycles. The van der Waals surface area contributed by atoms with Gasteiger partial charge in [0.2, 0.25) is 0 Å². The fourth-order valence-electron chi connectivity index (χ4n) is 2.32. The highest BCUT2D eigenvalue weighted by Crippen LogP contribution is 2.33. The van der Waals surface area contributed by atoms with E-state index in [4.69, 9.17) is 9.47 Å². The average molecular weight is 314 g/mol. The molecule has 5 heteroatoms. The lowest BCUT2D eigenvalue weighted by Crippen LogP contribution is -2.30. The van der Waals surface area contributed by atoms with Gasteiger partial charge in [-0.3, -0.25) is 0 Å². The van der Waals surface area contributed by atoms with Gasteiger partial charge in [-0.25, -0.2) is 4.79 Å². The van der Waals surface area contributed by atoms with Gasteiger partial charge in [0.25, 0.3) is 0 Å². The first-order valence-corrected chi connectivity index (χ1v) is 7.45. The molecule has 2 rings (SSSR count). The van der Waals surface area contributed by atoms with Crippen molar-refractivity contribution in [2.45, 2.75) is 13.3 Å². The summed E-state index contributed by atoms with van der Waals surface area (Å²) in [7, 11) is 3.10. The molecule has 2 amide bonds. The smallest absolute Gasteiger partial charge is 0.319 e. The maximum atomic E-state index is 12.1. The summed E-state index contributed by atoms with van der Waals surface area (Å²) in [4.78, 5) is 12.1. The van der Waals surface area contributed by atoms with Crippen molar-refractivity contribution in [3.05, 3.63) is 53.6 Å². The minimum atomic E-state index is -0.291. The summed E-state index contributed by atoms with van der Waals surface area (Å²) < 4.78 is 10.5. The maximum Gasteiger partial charge on any atom is 0.319 e. The van der Waals surface area contributed by atoms with Crippen LogP contribution in [-0.4, -0.2) is 26.8 Å². The van der Waals surface area contributed by atoms with Crippen molar-refractivity contribution in [2.24, 2.45) is 0 Å². The number of hydrogen-bond donors (Lipinski definition) is 2. The van der Waals surface area contributed by atoms with E-state index in [0.29, 0.717) is 23.7 Å². The Hall–Kier alpha value is -2.69. The number of carbonyl (C=O) groups is 1. The van der Waals surface area contributed by atoms with Gasteiger partial charge in [-0.2, -0.15) is 0 Å². The van der Waals surface area contributed by atoms with Gasteiger partial charge in [-0.05, 0) is 31.0 Å². The van der Waals surface area contributed by atoms with E-state index in [1.165, 1.54) is 11.1 Å². The number of rotatable bonds is 6. The molecule has 0 aliphatic heterocycles. The standard InChI is InChI=1S/C18H22N2O3/c1-13-6-4-7-14(12-13)10-11-19-18(21)20-17-15(22-2)8-5-9-16(17)23-3/h4-9,12H,10-11H2,1-3H3,(H2,19,20,21). The predicted octanol–water partition coefficient (Wildman–Crippen LogP) is 3.38. The van der Waals surface area contributed by atoms with Crippen molar-refractivity contribution in [2.75, 3.05) is 26.1 Å². The summed E-state index contributed by atoms with van der Waals surface area (Å²) in [5.41, 5.74) is 2.93. The molecule has 0 aliphatic carbocycles. The van der Waals surface area contributed by atoms with Crippen molar-refractivity contribution >= 4 is 11.7 Å². The lowest BCUT2D eigenvalue weighted by Gasteiger charge is -2.14. The predicted molar refractivity (Wildman–Crippen MR) is 91.5 cm³/mol. The number of anilines is 1. The van der Waals surface area contributed by atoms with Gasteiger partial charge in [0, 0.05) is 6.54 Å². The van der Waals surface area contributed by atoms with Gasteiger partial charge < -0.3 is 20.1 Å². The molecule has 2 aromatic rings. The van der Waals surface area contributed by atoms with Gasteiger partial charge in [0.15, 0.2) is 0 Å². The first-order chi connectivity index (χ1) is 11.1. The molecule has 5 nitrogen and oxygen atoms in total. The third-order valence-corrected chi connectivity index (χ3v) is 3.45. The number of amides is 2. The zero-order valence-electron chi connectivity index (χ0n) is 13.7. The highest BCUT2D eigenvalue weighted by Gasteiger charge is 2.12. The van der Waals surface area contributed by atoms with Crippen LogP contribution >= 0.6 is 0 Å². The Kier molecular flexibility index (Phi) is 5.86. The normalized spacial score (nSPS) is 10.0. The molecule has 0 aromatic heterocycles. The number of aryl methyl sites for hydroxylation is 1. The van der Waals surface area contributed by atoms with Crippen molar-refractivity contribution < 1.29 is 14.3 Å². The summed E-state index contributed by atoms with van der Waals surface area (Å²) in [6.07, 6.45) is 0.776.